The monoisotopic (exact) mass is 522 g/mol. The summed E-state index contributed by atoms with van der Waals surface area (Å²) >= 11 is 5.86. The van der Waals surface area contributed by atoms with E-state index in [1.807, 2.05) is 0 Å². The van der Waals surface area contributed by atoms with E-state index in [2.05, 4.69) is 4.72 Å². The van der Waals surface area contributed by atoms with Crippen molar-refractivity contribution in [3.8, 4) is 0 Å². The number of piperidine rings is 2. The first-order chi connectivity index (χ1) is 15.4. The van der Waals surface area contributed by atoms with Gasteiger partial charge in [-0.25, -0.2) is 18.2 Å². The van der Waals surface area contributed by atoms with E-state index in [4.69, 9.17) is 11.6 Å². The minimum Gasteiger partial charge on any atom is -0.294 e. The molecule has 3 N–H and O–H groups in total. The van der Waals surface area contributed by atoms with Crippen LogP contribution in [0, 0.1) is 5.92 Å². The Morgan fingerprint density at radius 3 is 2.03 bits per heavy atom. The molecule has 1 amide bonds. The lowest BCUT2D eigenvalue weighted by atomic mass is 9.89. The van der Waals surface area contributed by atoms with Crippen molar-refractivity contribution >= 4 is 43.5 Å². The number of carbonyl (C=O) groups excluding carboxylic acids is 2. The summed E-state index contributed by atoms with van der Waals surface area (Å²) in [6.07, 6.45) is 1.37. The third-order valence-electron chi connectivity index (χ3n) is 6.20. The van der Waals surface area contributed by atoms with Gasteiger partial charge in [-0.1, -0.05) is 11.6 Å². The third kappa shape index (κ3) is 5.91. The Balaban J connectivity index is 1.67. The van der Waals surface area contributed by atoms with Crippen LogP contribution in [0.3, 0.4) is 0 Å². The number of benzene rings is 1. The van der Waals surface area contributed by atoms with Gasteiger partial charge in [0.2, 0.25) is 10.0 Å². The van der Waals surface area contributed by atoms with Gasteiger partial charge in [-0.3, -0.25) is 14.8 Å². The van der Waals surface area contributed by atoms with Gasteiger partial charge in [-0.2, -0.15) is 17.4 Å². The van der Waals surface area contributed by atoms with Crippen molar-refractivity contribution in [2.24, 2.45) is 5.92 Å². The molecule has 184 valence electrons. The van der Waals surface area contributed by atoms with Crippen LogP contribution in [0.25, 0.3) is 0 Å². The molecule has 1 aromatic carbocycles. The SMILES string of the molecule is CS(=O)(=O)N1CCC(NS(=O)(=O)N2CCC(C(=O)c3ccc(Cl)cc3)CC2)(C(=O)NO)CC1. The molecule has 11 nitrogen and oxygen atoms in total. The number of carbonyl (C=O) groups is 2. The maximum absolute atomic E-state index is 13.1. The van der Waals surface area contributed by atoms with E-state index in [-0.39, 0.29) is 50.7 Å². The van der Waals surface area contributed by atoms with Gasteiger partial charge in [-0.15, -0.1) is 0 Å². The van der Waals surface area contributed by atoms with Crippen molar-refractivity contribution in [2.75, 3.05) is 32.4 Å². The van der Waals surface area contributed by atoms with Gasteiger partial charge in [0.25, 0.3) is 16.1 Å². The summed E-state index contributed by atoms with van der Waals surface area (Å²) in [6.45, 7) is -0.00385. The first kappa shape index (κ1) is 26.0. The highest BCUT2D eigenvalue weighted by Gasteiger charge is 2.47. The van der Waals surface area contributed by atoms with Crippen molar-refractivity contribution in [1.29, 1.82) is 0 Å². The van der Waals surface area contributed by atoms with Gasteiger partial charge >= 0.3 is 0 Å². The molecule has 0 saturated carbocycles. The predicted molar refractivity (Wildman–Crippen MR) is 120 cm³/mol. The van der Waals surface area contributed by atoms with Crippen LogP contribution in [-0.2, 0) is 25.0 Å². The van der Waals surface area contributed by atoms with Gasteiger partial charge in [0, 0.05) is 42.7 Å². The number of amides is 1. The average molecular weight is 523 g/mol. The highest BCUT2D eigenvalue weighted by atomic mass is 35.5. The Morgan fingerprint density at radius 1 is 1.00 bits per heavy atom. The number of hydrogen-bond donors (Lipinski definition) is 3. The number of halogens is 1. The van der Waals surface area contributed by atoms with Crippen molar-refractivity contribution in [3.05, 3.63) is 34.9 Å². The van der Waals surface area contributed by atoms with Crippen molar-refractivity contribution in [1.82, 2.24) is 18.8 Å². The molecule has 0 spiro atoms. The number of nitrogens with one attached hydrogen (secondary N) is 2. The smallest absolute Gasteiger partial charge is 0.280 e. The van der Waals surface area contributed by atoms with E-state index in [1.165, 1.54) is 5.48 Å². The fourth-order valence-electron chi connectivity index (χ4n) is 4.20. The fraction of sp³-hybridized carbons (Fsp3) is 0.579. The molecule has 2 aliphatic rings. The normalized spacial score (nSPS) is 20.9. The molecule has 0 radical (unpaired) electrons. The minimum atomic E-state index is -4.15. The van der Waals surface area contributed by atoms with Gasteiger partial charge in [-0.05, 0) is 49.9 Å². The van der Waals surface area contributed by atoms with E-state index in [0.717, 1.165) is 14.9 Å². The standard InChI is InChI=1S/C19H27ClN4O7S2/c1-32(28,29)23-12-8-19(9-13-23,18(26)21-27)22-33(30,31)24-10-6-15(7-11-24)17(25)14-2-4-16(20)5-3-14/h2-5,15,22,27H,6-13H2,1H3,(H,21,26). The molecule has 2 aliphatic heterocycles. The Hall–Kier alpha value is -1.61. The molecule has 14 heteroatoms. The summed E-state index contributed by atoms with van der Waals surface area (Å²) in [7, 11) is -7.65. The van der Waals surface area contributed by atoms with Crippen LogP contribution in [0.5, 0.6) is 0 Å². The zero-order valence-corrected chi connectivity index (χ0v) is 20.4. The van der Waals surface area contributed by atoms with Gasteiger partial charge in [0.1, 0.15) is 5.54 Å². The topological polar surface area (TPSA) is 153 Å². The average Bonchev–Trinajstić information content (AvgIpc) is 2.78. The molecule has 3 rings (SSSR count). The number of nitrogens with zero attached hydrogens (tertiary/aromatic N) is 2. The Morgan fingerprint density at radius 2 is 1.55 bits per heavy atom. The molecule has 0 aliphatic carbocycles. The molecule has 1 aromatic rings. The second-order valence-electron chi connectivity index (χ2n) is 8.34. The van der Waals surface area contributed by atoms with Crippen LogP contribution < -0.4 is 10.2 Å². The van der Waals surface area contributed by atoms with E-state index in [1.54, 1.807) is 24.3 Å². The van der Waals surface area contributed by atoms with E-state index >= 15 is 0 Å². The highest BCUT2D eigenvalue weighted by Crippen LogP contribution is 2.28. The summed E-state index contributed by atoms with van der Waals surface area (Å²) in [6, 6.07) is 6.52. The summed E-state index contributed by atoms with van der Waals surface area (Å²) < 4.78 is 54.4. The zero-order chi connectivity index (χ0) is 24.4. The summed E-state index contributed by atoms with van der Waals surface area (Å²) in [5, 5.41) is 9.70. The maximum Gasteiger partial charge on any atom is 0.280 e. The predicted octanol–water partition coefficient (Wildman–Crippen LogP) is 0.369. The molecule has 2 fully saturated rings. The minimum absolute atomic E-state index is 0.0750. The number of rotatable bonds is 7. The Kier molecular flexibility index (Phi) is 7.83. The lowest BCUT2D eigenvalue weighted by Gasteiger charge is -2.41. The summed E-state index contributed by atoms with van der Waals surface area (Å²) in [5.41, 5.74) is 0.312. The van der Waals surface area contributed by atoms with Crippen LogP contribution >= 0.6 is 11.6 Å². The second kappa shape index (κ2) is 9.94. The van der Waals surface area contributed by atoms with E-state index < -0.39 is 31.7 Å². The molecule has 2 heterocycles. The van der Waals surface area contributed by atoms with Gasteiger partial charge in [0.15, 0.2) is 5.78 Å². The van der Waals surface area contributed by atoms with Crippen LogP contribution in [0.4, 0.5) is 0 Å². The van der Waals surface area contributed by atoms with Crippen molar-refractivity contribution in [3.63, 3.8) is 0 Å². The van der Waals surface area contributed by atoms with Crippen molar-refractivity contribution in [2.45, 2.75) is 31.2 Å². The van der Waals surface area contributed by atoms with E-state index in [9.17, 15) is 31.6 Å². The molecule has 2 saturated heterocycles. The van der Waals surface area contributed by atoms with Gasteiger partial charge in [0.05, 0.1) is 6.26 Å². The molecule has 33 heavy (non-hydrogen) atoms. The molecular formula is C19H27ClN4O7S2. The number of sulfonamides is 1. The van der Waals surface area contributed by atoms with Crippen LogP contribution in [0.2, 0.25) is 5.02 Å². The van der Waals surface area contributed by atoms with Gasteiger partial charge < -0.3 is 0 Å². The molecular weight excluding hydrogens is 496 g/mol. The Labute approximate surface area is 198 Å². The number of hydroxylamine groups is 1. The summed E-state index contributed by atoms with van der Waals surface area (Å²) in [5.74, 6) is -1.38. The van der Waals surface area contributed by atoms with Crippen molar-refractivity contribution < 1.29 is 31.6 Å². The number of Topliss-reactive ketones (excluding diaryl/α,β-unsaturated/α-hetero) is 1. The Bertz CT molecular complexity index is 1090. The van der Waals surface area contributed by atoms with E-state index in [0.29, 0.717) is 23.4 Å². The number of ketones is 1. The lowest BCUT2D eigenvalue weighted by Crippen LogP contribution is -2.65. The molecule has 0 bridgehead atoms. The second-order valence-corrected chi connectivity index (χ2v) is 12.4. The highest BCUT2D eigenvalue weighted by molar-refractivity contribution is 7.88. The molecule has 0 unspecified atom stereocenters. The first-order valence-electron chi connectivity index (χ1n) is 10.4. The summed E-state index contributed by atoms with van der Waals surface area (Å²) in [4.78, 5) is 25.1. The quantitative estimate of drug-likeness (QED) is 0.265. The first-order valence-corrected chi connectivity index (χ1v) is 14.0. The lowest BCUT2D eigenvalue weighted by molar-refractivity contribution is -0.137. The molecule has 0 aromatic heterocycles. The third-order valence-corrected chi connectivity index (χ3v) is 9.45. The zero-order valence-electron chi connectivity index (χ0n) is 18.0. The van der Waals surface area contributed by atoms with Crippen LogP contribution in [0.15, 0.2) is 24.3 Å². The van der Waals surface area contributed by atoms with Crippen LogP contribution in [0.1, 0.15) is 36.0 Å². The molecule has 0 atom stereocenters. The number of hydrogen-bond acceptors (Lipinski definition) is 7. The maximum atomic E-state index is 13.1. The fourth-order valence-corrected chi connectivity index (χ4v) is 6.78. The van der Waals surface area contributed by atoms with Crippen LogP contribution in [-0.4, -0.2) is 80.3 Å². The largest absolute Gasteiger partial charge is 0.294 e.